The standard InChI is InChI=1S/C14H11Cl2NO/c1-9-11(3-2-6-17-9)14(18)8-10-4-5-12(15)13(16)7-10/h2-7H,8H2,1H3. The number of aromatic nitrogens is 1. The minimum absolute atomic E-state index is 0.0268. The summed E-state index contributed by atoms with van der Waals surface area (Å²) in [5, 5.41) is 0.954. The monoisotopic (exact) mass is 279 g/mol. The number of carbonyl (C=O) groups excluding carboxylic acids is 1. The number of hydrogen-bond acceptors (Lipinski definition) is 2. The molecule has 0 aliphatic heterocycles. The fraction of sp³-hybridized carbons (Fsp3) is 0.143. The topological polar surface area (TPSA) is 30.0 Å². The van der Waals surface area contributed by atoms with Gasteiger partial charge in [0.2, 0.25) is 0 Å². The van der Waals surface area contributed by atoms with Gasteiger partial charge in [0.1, 0.15) is 0 Å². The van der Waals surface area contributed by atoms with E-state index in [1.807, 2.05) is 6.92 Å². The van der Waals surface area contributed by atoms with Gasteiger partial charge in [-0.2, -0.15) is 0 Å². The lowest BCUT2D eigenvalue weighted by atomic mass is 10.0. The molecule has 0 saturated carbocycles. The van der Waals surface area contributed by atoms with Gasteiger partial charge in [-0.3, -0.25) is 9.78 Å². The zero-order valence-corrected chi connectivity index (χ0v) is 11.3. The highest BCUT2D eigenvalue weighted by Crippen LogP contribution is 2.23. The number of aryl methyl sites for hydroxylation is 1. The van der Waals surface area contributed by atoms with Crippen molar-refractivity contribution in [3.05, 3.63) is 63.4 Å². The predicted molar refractivity (Wildman–Crippen MR) is 73.5 cm³/mol. The van der Waals surface area contributed by atoms with E-state index in [1.54, 1.807) is 36.5 Å². The van der Waals surface area contributed by atoms with Crippen LogP contribution in [-0.4, -0.2) is 10.8 Å². The fourth-order valence-electron chi connectivity index (χ4n) is 1.71. The van der Waals surface area contributed by atoms with E-state index >= 15 is 0 Å². The molecule has 2 rings (SSSR count). The van der Waals surface area contributed by atoms with E-state index in [0.717, 1.165) is 11.3 Å². The molecule has 0 spiro atoms. The van der Waals surface area contributed by atoms with Crippen LogP contribution in [0, 0.1) is 6.92 Å². The highest BCUT2D eigenvalue weighted by molar-refractivity contribution is 6.42. The van der Waals surface area contributed by atoms with Gasteiger partial charge in [-0.25, -0.2) is 0 Å². The third-order valence-corrected chi connectivity index (χ3v) is 3.40. The molecule has 2 nitrogen and oxygen atoms in total. The molecule has 0 radical (unpaired) electrons. The number of benzene rings is 1. The van der Waals surface area contributed by atoms with Crippen LogP contribution in [-0.2, 0) is 6.42 Å². The van der Waals surface area contributed by atoms with E-state index in [4.69, 9.17) is 23.2 Å². The second-order valence-electron chi connectivity index (χ2n) is 3.98. The third kappa shape index (κ3) is 2.89. The molecule has 1 aromatic heterocycles. The van der Waals surface area contributed by atoms with Crippen molar-refractivity contribution < 1.29 is 4.79 Å². The van der Waals surface area contributed by atoms with Gasteiger partial charge in [0.15, 0.2) is 5.78 Å². The SMILES string of the molecule is Cc1ncccc1C(=O)Cc1ccc(Cl)c(Cl)c1. The molecule has 0 N–H and O–H groups in total. The molecular formula is C14H11Cl2NO. The van der Waals surface area contributed by atoms with Crippen molar-refractivity contribution in [2.75, 3.05) is 0 Å². The molecule has 0 aliphatic carbocycles. The van der Waals surface area contributed by atoms with Gasteiger partial charge < -0.3 is 0 Å². The molecule has 92 valence electrons. The Hall–Kier alpha value is -1.38. The van der Waals surface area contributed by atoms with Crippen LogP contribution in [0.5, 0.6) is 0 Å². The average Bonchev–Trinajstić information content (AvgIpc) is 2.34. The summed E-state index contributed by atoms with van der Waals surface area (Å²) in [5.41, 5.74) is 2.23. The summed E-state index contributed by atoms with van der Waals surface area (Å²) >= 11 is 11.8. The van der Waals surface area contributed by atoms with Gasteiger partial charge >= 0.3 is 0 Å². The molecule has 18 heavy (non-hydrogen) atoms. The van der Waals surface area contributed by atoms with Crippen molar-refractivity contribution in [3.8, 4) is 0 Å². The van der Waals surface area contributed by atoms with Crippen molar-refractivity contribution in [3.63, 3.8) is 0 Å². The summed E-state index contributed by atoms with van der Waals surface area (Å²) in [5.74, 6) is 0.0268. The van der Waals surface area contributed by atoms with Crippen LogP contribution in [0.4, 0.5) is 0 Å². The Balaban J connectivity index is 2.22. The van der Waals surface area contributed by atoms with Crippen LogP contribution in [0.1, 0.15) is 21.6 Å². The fourth-order valence-corrected chi connectivity index (χ4v) is 2.03. The Kier molecular flexibility index (Phi) is 4.00. The lowest BCUT2D eigenvalue weighted by Crippen LogP contribution is -2.06. The van der Waals surface area contributed by atoms with Gasteiger partial charge in [0.05, 0.1) is 10.0 Å². The second-order valence-corrected chi connectivity index (χ2v) is 4.80. The number of hydrogen-bond donors (Lipinski definition) is 0. The molecule has 2 aromatic rings. The van der Waals surface area contributed by atoms with Crippen LogP contribution in [0.25, 0.3) is 0 Å². The molecule has 0 atom stereocenters. The lowest BCUT2D eigenvalue weighted by molar-refractivity contribution is 0.0992. The number of pyridine rings is 1. The van der Waals surface area contributed by atoms with Crippen LogP contribution in [0.15, 0.2) is 36.5 Å². The Morgan fingerprint density at radius 3 is 2.67 bits per heavy atom. The summed E-state index contributed by atoms with van der Waals surface area (Å²) in [6.07, 6.45) is 1.97. The zero-order valence-electron chi connectivity index (χ0n) is 9.78. The molecule has 0 saturated heterocycles. The highest BCUT2D eigenvalue weighted by Gasteiger charge is 2.11. The van der Waals surface area contributed by atoms with E-state index in [1.165, 1.54) is 0 Å². The molecule has 0 fully saturated rings. The van der Waals surface area contributed by atoms with E-state index < -0.39 is 0 Å². The first-order valence-electron chi connectivity index (χ1n) is 5.46. The summed E-state index contributed by atoms with van der Waals surface area (Å²) in [7, 11) is 0. The van der Waals surface area contributed by atoms with Crippen molar-refractivity contribution >= 4 is 29.0 Å². The maximum Gasteiger partial charge on any atom is 0.169 e. The van der Waals surface area contributed by atoms with E-state index in [-0.39, 0.29) is 5.78 Å². The molecule has 0 aliphatic rings. The van der Waals surface area contributed by atoms with Crippen molar-refractivity contribution in [1.82, 2.24) is 4.98 Å². The van der Waals surface area contributed by atoms with E-state index in [9.17, 15) is 4.79 Å². The van der Waals surface area contributed by atoms with E-state index in [2.05, 4.69) is 4.98 Å². The van der Waals surface area contributed by atoms with Gasteiger partial charge in [0, 0.05) is 23.9 Å². The molecule has 0 amide bonds. The van der Waals surface area contributed by atoms with Crippen molar-refractivity contribution in [1.29, 1.82) is 0 Å². The summed E-state index contributed by atoms with van der Waals surface area (Å²) in [4.78, 5) is 16.2. The van der Waals surface area contributed by atoms with Crippen molar-refractivity contribution in [2.45, 2.75) is 13.3 Å². The molecule has 1 aromatic carbocycles. The quantitative estimate of drug-likeness (QED) is 0.791. The largest absolute Gasteiger partial charge is 0.294 e. The maximum atomic E-state index is 12.1. The number of ketones is 1. The molecule has 0 unspecified atom stereocenters. The number of rotatable bonds is 3. The molecular weight excluding hydrogens is 269 g/mol. The van der Waals surface area contributed by atoms with Gasteiger partial charge in [-0.15, -0.1) is 0 Å². The third-order valence-electron chi connectivity index (χ3n) is 2.66. The normalized spacial score (nSPS) is 10.4. The predicted octanol–water partition coefficient (Wildman–Crippen LogP) is 4.12. The Morgan fingerprint density at radius 2 is 2.00 bits per heavy atom. The smallest absolute Gasteiger partial charge is 0.169 e. The molecule has 0 bridgehead atoms. The van der Waals surface area contributed by atoms with E-state index in [0.29, 0.717) is 22.0 Å². The van der Waals surface area contributed by atoms with Gasteiger partial charge in [-0.05, 0) is 36.8 Å². The van der Waals surface area contributed by atoms with Crippen LogP contribution in [0.2, 0.25) is 10.0 Å². The Labute approximate surface area is 116 Å². The van der Waals surface area contributed by atoms with Crippen LogP contribution in [0.3, 0.4) is 0 Å². The number of carbonyl (C=O) groups is 1. The Bertz CT molecular complexity index is 596. The molecule has 1 heterocycles. The molecule has 4 heteroatoms. The summed E-state index contributed by atoms with van der Waals surface area (Å²) in [6.45, 7) is 1.82. The van der Waals surface area contributed by atoms with Crippen LogP contribution >= 0.6 is 23.2 Å². The lowest BCUT2D eigenvalue weighted by Gasteiger charge is -2.05. The summed E-state index contributed by atoms with van der Waals surface area (Å²) < 4.78 is 0. The van der Waals surface area contributed by atoms with Crippen molar-refractivity contribution in [2.24, 2.45) is 0 Å². The summed E-state index contributed by atoms with van der Waals surface area (Å²) in [6, 6.07) is 8.76. The maximum absolute atomic E-state index is 12.1. The zero-order chi connectivity index (χ0) is 13.1. The number of Topliss-reactive ketones (excluding diaryl/α,β-unsaturated/α-hetero) is 1. The minimum atomic E-state index is 0.0268. The average molecular weight is 280 g/mol. The number of halogens is 2. The number of nitrogens with zero attached hydrogens (tertiary/aromatic N) is 1. The Morgan fingerprint density at radius 1 is 1.22 bits per heavy atom. The van der Waals surface area contributed by atoms with Gasteiger partial charge in [-0.1, -0.05) is 29.3 Å². The first-order chi connectivity index (χ1) is 8.58. The highest BCUT2D eigenvalue weighted by atomic mass is 35.5. The van der Waals surface area contributed by atoms with Gasteiger partial charge in [0.25, 0.3) is 0 Å². The van der Waals surface area contributed by atoms with Crippen LogP contribution < -0.4 is 0 Å². The minimum Gasteiger partial charge on any atom is -0.294 e. The first kappa shape index (κ1) is 13.1. The second kappa shape index (κ2) is 5.51. The first-order valence-corrected chi connectivity index (χ1v) is 6.22.